The molecule has 0 saturated carbocycles. The number of nitrogens with zero attached hydrogens (tertiary/aromatic N) is 6. The number of fused-ring (bicyclic) bond motifs is 1. The Morgan fingerprint density at radius 1 is 0.927 bits per heavy atom. The van der Waals surface area contributed by atoms with Crippen LogP contribution < -0.4 is 0 Å². The van der Waals surface area contributed by atoms with Crippen LogP contribution in [0.1, 0.15) is 47.7 Å². The maximum atomic E-state index is 13.4. The molecule has 7 nitrogen and oxygen atoms in total. The van der Waals surface area contributed by atoms with E-state index in [9.17, 15) is 10.1 Å². The molecule has 0 radical (unpaired) electrons. The maximum absolute atomic E-state index is 13.4. The number of carbonyl (C=O) groups is 1. The van der Waals surface area contributed by atoms with Gasteiger partial charge in [-0.2, -0.15) is 0 Å². The lowest BCUT2D eigenvalue weighted by molar-refractivity contribution is 0.0752. The van der Waals surface area contributed by atoms with Crippen molar-refractivity contribution in [2.75, 3.05) is 45.8 Å². The van der Waals surface area contributed by atoms with Crippen LogP contribution in [0.3, 0.4) is 0 Å². The van der Waals surface area contributed by atoms with Crippen LogP contribution in [-0.4, -0.2) is 71.3 Å². The summed E-state index contributed by atoms with van der Waals surface area (Å²) < 4.78 is 0. The van der Waals surface area contributed by atoms with E-state index in [1.807, 2.05) is 36.1 Å². The zero-order chi connectivity index (χ0) is 28.6. The summed E-state index contributed by atoms with van der Waals surface area (Å²) in [6.45, 7) is 16.6. The second kappa shape index (κ2) is 13.4. The molecule has 7 heteroatoms. The molecule has 0 atom stereocenters. The van der Waals surface area contributed by atoms with Crippen molar-refractivity contribution in [2.45, 2.75) is 39.3 Å². The van der Waals surface area contributed by atoms with Crippen molar-refractivity contribution in [3.8, 4) is 6.07 Å². The van der Waals surface area contributed by atoms with Gasteiger partial charge in [0.1, 0.15) is 5.82 Å². The average Bonchev–Trinajstić information content (AvgIpc) is 3.41. The summed E-state index contributed by atoms with van der Waals surface area (Å²) in [5, 5.41) is 12.2. The molecule has 0 aliphatic carbocycles. The summed E-state index contributed by atoms with van der Waals surface area (Å²) in [6, 6.07) is 24.7. The number of amides is 1. The molecule has 0 N–H and O–H groups in total. The first-order chi connectivity index (χ1) is 20.1. The first-order valence-corrected chi connectivity index (χ1v) is 14.7. The molecule has 2 heterocycles. The van der Waals surface area contributed by atoms with Crippen molar-refractivity contribution in [2.24, 2.45) is 0 Å². The largest absolute Gasteiger partial charge is 0.363 e. The zero-order valence-electron chi connectivity index (χ0n) is 23.9. The van der Waals surface area contributed by atoms with Gasteiger partial charge in [0.15, 0.2) is 0 Å². The number of rotatable bonds is 9. The van der Waals surface area contributed by atoms with Crippen molar-refractivity contribution in [1.82, 2.24) is 19.6 Å². The Labute approximate surface area is 243 Å². The third kappa shape index (κ3) is 6.53. The SMILES string of the molecule is [C-]#[N+]C(C#N)=C1N(CCN(CC)C(=O)c2ccc(CN3CCCCC3)cc2)CCN1Cc1cccc2ccccc12. The molecule has 2 fully saturated rings. The van der Waals surface area contributed by atoms with Gasteiger partial charge in [-0.15, -0.1) is 0 Å². The molecular weight excluding hydrogens is 508 g/mol. The number of carbonyl (C=O) groups excluding carboxylic acids is 1. The molecule has 0 spiro atoms. The third-order valence-corrected chi connectivity index (χ3v) is 8.27. The van der Waals surface area contributed by atoms with Crippen molar-refractivity contribution in [3.05, 3.63) is 106 Å². The third-order valence-electron chi connectivity index (χ3n) is 8.27. The summed E-state index contributed by atoms with van der Waals surface area (Å²) in [5.74, 6) is 0.682. The molecule has 2 saturated heterocycles. The predicted molar refractivity (Wildman–Crippen MR) is 162 cm³/mol. The number of likely N-dealkylation sites (N-methyl/N-ethyl adjacent to an activating group) is 1. The number of piperidine rings is 1. The quantitative estimate of drug-likeness (QED) is 0.254. The maximum Gasteiger partial charge on any atom is 0.300 e. The molecule has 3 aromatic carbocycles. The summed E-state index contributed by atoms with van der Waals surface area (Å²) in [4.78, 5) is 25.6. The van der Waals surface area contributed by atoms with Crippen molar-refractivity contribution in [3.63, 3.8) is 0 Å². The van der Waals surface area contributed by atoms with Crippen LogP contribution in [0.5, 0.6) is 0 Å². The van der Waals surface area contributed by atoms with E-state index >= 15 is 0 Å². The van der Waals surface area contributed by atoms with Gasteiger partial charge in [0.25, 0.3) is 5.91 Å². The van der Waals surface area contributed by atoms with Crippen LogP contribution in [-0.2, 0) is 13.1 Å². The standard InChI is InChI=1S/C34H38N6O/c1-3-38(34(41)29-16-14-27(15-17-29)25-37-18-7-4-8-19-37)20-21-39-22-23-40(33(39)32(24-35)36-2)26-30-12-9-11-28-10-5-6-13-31(28)30/h5-6,9-17H,3-4,7-8,18-23,25-26H2,1H3. The normalized spacial score (nSPS) is 16.9. The lowest BCUT2D eigenvalue weighted by Crippen LogP contribution is -2.38. The van der Waals surface area contributed by atoms with Crippen molar-refractivity contribution in [1.29, 1.82) is 5.26 Å². The van der Waals surface area contributed by atoms with Crippen LogP contribution >= 0.6 is 0 Å². The average molecular weight is 547 g/mol. The van der Waals surface area contributed by atoms with Gasteiger partial charge < -0.3 is 14.7 Å². The Kier molecular flexibility index (Phi) is 9.19. The van der Waals surface area contributed by atoms with E-state index < -0.39 is 0 Å². The van der Waals surface area contributed by atoms with Crippen LogP contribution in [0.4, 0.5) is 0 Å². The van der Waals surface area contributed by atoms with Gasteiger partial charge in [-0.05, 0) is 66.9 Å². The lowest BCUT2D eigenvalue weighted by Gasteiger charge is -2.29. The van der Waals surface area contributed by atoms with E-state index in [1.165, 1.54) is 41.2 Å². The Hall–Kier alpha value is -4.33. The number of hydrogen-bond acceptors (Lipinski definition) is 5. The Morgan fingerprint density at radius 3 is 2.39 bits per heavy atom. The number of benzene rings is 3. The number of allylic oxidation sites excluding steroid dienone is 1. The van der Waals surface area contributed by atoms with Gasteiger partial charge >= 0.3 is 5.70 Å². The van der Waals surface area contributed by atoms with Crippen LogP contribution in [0, 0.1) is 17.9 Å². The minimum absolute atomic E-state index is 0.0139. The highest BCUT2D eigenvalue weighted by Gasteiger charge is 2.29. The Morgan fingerprint density at radius 2 is 1.66 bits per heavy atom. The van der Waals surface area contributed by atoms with Gasteiger partial charge in [0.05, 0.1) is 12.6 Å². The van der Waals surface area contributed by atoms with E-state index in [4.69, 9.17) is 6.57 Å². The highest BCUT2D eigenvalue weighted by molar-refractivity contribution is 5.94. The topological polar surface area (TPSA) is 58.2 Å². The minimum atomic E-state index is 0.0139. The molecule has 2 aliphatic heterocycles. The van der Waals surface area contributed by atoms with Gasteiger partial charge in [-0.25, -0.2) is 10.1 Å². The lowest BCUT2D eigenvalue weighted by atomic mass is 10.0. The Bertz CT molecular complexity index is 1450. The van der Waals surface area contributed by atoms with E-state index in [-0.39, 0.29) is 11.6 Å². The first kappa shape index (κ1) is 28.2. The number of likely N-dealkylation sites (tertiary alicyclic amines) is 1. The molecule has 5 rings (SSSR count). The van der Waals surface area contributed by atoms with E-state index in [1.54, 1.807) is 0 Å². The van der Waals surface area contributed by atoms with E-state index in [0.717, 1.165) is 26.2 Å². The fourth-order valence-corrected chi connectivity index (χ4v) is 6.04. The highest BCUT2D eigenvalue weighted by Crippen LogP contribution is 2.28. The summed E-state index contributed by atoms with van der Waals surface area (Å²) in [5.41, 5.74) is 3.20. The second-order valence-corrected chi connectivity index (χ2v) is 10.9. The molecule has 3 aromatic rings. The van der Waals surface area contributed by atoms with Crippen molar-refractivity contribution >= 4 is 16.7 Å². The van der Waals surface area contributed by atoms with E-state index in [2.05, 4.69) is 68.1 Å². The number of hydrogen-bond donors (Lipinski definition) is 0. The number of nitriles is 1. The monoisotopic (exact) mass is 546 g/mol. The molecule has 210 valence electrons. The van der Waals surface area contributed by atoms with Gasteiger partial charge in [-0.3, -0.25) is 9.69 Å². The summed E-state index contributed by atoms with van der Waals surface area (Å²) >= 11 is 0. The van der Waals surface area contributed by atoms with Crippen LogP contribution in [0.2, 0.25) is 0 Å². The fourth-order valence-electron chi connectivity index (χ4n) is 6.04. The molecule has 1 amide bonds. The smallest absolute Gasteiger partial charge is 0.300 e. The van der Waals surface area contributed by atoms with Gasteiger partial charge in [-0.1, -0.05) is 61.0 Å². The van der Waals surface area contributed by atoms with E-state index in [0.29, 0.717) is 44.1 Å². The highest BCUT2D eigenvalue weighted by atomic mass is 16.2. The van der Waals surface area contributed by atoms with Crippen molar-refractivity contribution < 1.29 is 4.79 Å². The molecular formula is C34H38N6O. The first-order valence-electron chi connectivity index (χ1n) is 14.7. The van der Waals surface area contributed by atoms with Crippen LogP contribution in [0.25, 0.3) is 15.6 Å². The molecule has 0 aromatic heterocycles. The second-order valence-electron chi connectivity index (χ2n) is 10.9. The molecule has 41 heavy (non-hydrogen) atoms. The van der Waals surface area contributed by atoms with Gasteiger partial charge in [0.2, 0.25) is 0 Å². The molecule has 0 bridgehead atoms. The Balaban J connectivity index is 1.26. The fraction of sp³-hybridized carbons (Fsp3) is 0.382. The zero-order valence-corrected chi connectivity index (χ0v) is 23.9. The van der Waals surface area contributed by atoms with Gasteiger partial charge in [0, 0.05) is 51.4 Å². The predicted octanol–water partition coefficient (Wildman–Crippen LogP) is 5.72. The summed E-state index contributed by atoms with van der Waals surface area (Å²) in [7, 11) is 0. The summed E-state index contributed by atoms with van der Waals surface area (Å²) in [6.07, 6.45) is 3.86. The van der Waals surface area contributed by atoms with Crippen LogP contribution in [0.15, 0.2) is 78.2 Å². The minimum Gasteiger partial charge on any atom is -0.363 e. The molecule has 0 unspecified atom stereocenters. The molecule has 2 aliphatic rings.